The van der Waals surface area contributed by atoms with Gasteiger partial charge in [0, 0.05) is 6.42 Å². The largest absolute Gasteiger partial charge is 0.460 e. The van der Waals surface area contributed by atoms with Gasteiger partial charge in [-0.25, -0.2) is 0 Å². The van der Waals surface area contributed by atoms with Gasteiger partial charge in [-0.15, -0.1) is 0 Å². The third-order valence-corrected chi connectivity index (χ3v) is 5.89. The highest BCUT2D eigenvalue weighted by atomic mass is 31.2. The van der Waals surface area contributed by atoms with Crippen LogP contribution in [0.1, 0.15) is 6.42 Å². The van der Waals surface area contributed by atoms with Crippen LogP contribution in [0, 0.1) is 0 Å². The fourth-order valence-electron chi connectivity index (χ4n) is 2.43. The lowest BCUT2D eigenvalue weighted by molar-refractivity contribution is -0.482. The van der Waals surface area contributed by atoms with Gasteiger partial charge in [-0.2, -0.15) is 110 Å². The zero-order chi connectivity index (χ0) is 35.9. The van der Waals surface area contributed by atoms with Crippen LogP contribution in [0.2, 0.25) is 0 Å². The summed E-state index contributed by atoms with van der Waals surface area (Å²) in [4.78, 5) is 16.5. The first-order chi connectivity index (χ1) is 18.0. The highest BCUT2D eigenvalue weighted by Gasteiger charge is 2.99. The smallest absolute Gasteiger partial charge is 0.324 e. The van der Waals surface area contributed by atoms with Crippen molar-refractivity contribution in [2.75, 3.05) is 6.16 Å². The van der Waals surface area contributed by atoms with E-state index in [4.69, 9.17) is 9.79 Å². The fraction of sp³-hybridized carbons (Fsp3) is 1.00. The number of hydrogen-bond acceptors (Lipinski definition) is 1. The van der Waals surface area contributed by atoms with Gasteiger partial charge < -0.3 is 9.79 Å². The van der Waals surface area contributed by atoms with E-state index < -0.39 is 91.5 Å². The van der Waals surface area contributed by atoms with Gasteiger partial charge >= 0.3 is 78.9 Å². The van der Waals surface area contributed by atoms with Gasteiger partial charge in [0.05, 0.1) is 6.16 Å². The Bertz CT molecular complexity index is 1070. The molecule has 3 nitrogen and oxygen atoms in total. The molecule has 260 valence electrons. The van der Waals surface area contributed by atoms with Crippen LogP contribution in [-0.4, -0.2) is 87.3 Å². The topological polar surface area (TPSA) is 57.5 Å². The standard InChI is InChI=1S/C14H6F25O3P/c15-3(16,1-2-43(40,41)42)4(17,18)5(19,20)6(21,22)7(23,24)8(25,26)9(27,28)10(29,30)11(31,32)12(33,34)13(35,36)14(37,38)39/h1-2H2,(H2,40,41,42). The minimum absolute atomic E-state index is 2.74. The van der Waals surface area contributed by atoms with Gasteiger partial charge in [0.2, 0.25) is 0 Å². The lowest BCUT2D eigenvalue weighted by Crippen LogP contribution is -2.78. The molecule has 0 aromatic heterocycles. The monoisotopic (exact) mass is 728 g/mol. The Morgan fingerprint density at radius 3 is 0.721 bits per heavy atom. The second-order valence-corrected chi connectivity index (χ2v) is 9.86. The Balaban J connectivity index is 7.27. The van der Waals surface area contributed by atoms with E-state index in [-0.39, 0.29) is 0 Å². The van der Waals surface area contributed by atoms with Crippen molar-refractivity contribution in [1.82, 2.24) is 0 Å². The zero-order valence-corrected chi connectivity index (χ0v) is 19.5. The average Bonchev–Trinajstić information content (AvgIpc) is 2.75. The summed E-state index contributed by atoms with van der Waals surface area (Å²) in [5.41, 5.74) is 0. The minimum atomic E-state index is -9.67. The van der Waals surface area contributed by atoms with E-state index in [2.05, 4.69) is 0 Å². The van der Waals surface area contributed by atoms with Gasteiger partial charge in [-0.3, -0.25) is 4.57 Å². The average molecular weight is 728 g/mol. The molecule has 29 heteroatoms. The van der Waals surface area contributed by atoms with Crippen molar-refractivity contribution in [2.24, 2.45) is 0 Å². The molecule has 0 atom stereocenters. The van der Waals surface area contributed by atoms with Gasteiger partial charge in [0.15, 0.2) is 0 Å². The molecule has 0 saturated carbocycles. The first kappa shape index (κ1) is 41.4. The molecule has 2 N–H and O–H groups in total. The quantitative estimate of drug-likeness (QED) is 0.149. The first-order valence-corrected chi connectivity index (χ1v) is 11.0. The Morgan fingerprint density at radius 2 is 0.535 bits per heavy atom. The SMILES string of the molecule is O=P(O)(O)CCC(F)(F)C(F)(F)C(F)(F)C(F)(F)C(F)(F)C(F)(F)C(F)(F)C(F)(F)C(F)(F)C(F)(F)C(F)(F)C(F)(F)F. The molecule has 0 aromatic rings. The van der Waals surface area contributed by atoms with Crippen LogP contribution in [-0.2, 0) is 4.57 Å². The number of hydrogen-bond donors (Lipinski definition) is 2. The number of alkyl halides is 25. The van der Waals surface area contributed by atoms with Crippen LogP contribution < -0.4 is 0 Å². The van der Waals surface area contributed by atoms with Crippen molar-refractivity contribution < 1.29 is 124 Å². The van der Waals surface area contributed by atoms with E-state index in [1.807, 2.05) is 0 Å². The Labute approximate surface area is 217 Å². The molecular weight excluding hydrogens is 722 g/mol. The molecule has 0 rings (SSSR count). The maximum absolute atomic E-state index is 13.6. The molecule has 0 aromatic carbocycles. The van der Waals surface area contributed by atoms with Gasteiger partial charge in [0.1, 0.15) is 0 Å². The van der Waals surface area contributed by atoms with Crippen LogP contribution in [0.4, 0.5) is 110 Å². The second-order valence-electron chi connectivity index (χ2n) is 8.08. The summed E-state index contributed by atoms with van der Waals surface area (Å²) in [6, 6.07) is 0. The predicted molar refractivity (Wildman–Crippen MR) is 82.0 cm³/mol. The molecule has 0 spiro atoms. The van der Waals surface area contributed by atoms with Crippen molar-refractivity contribution in [3.63, 3.8) is 0 Å². The van der Waals surface area contributed by atoms with Crippen molar-refractivity contribution in [3.05, 3.63) is 0 Å². The Kier molecular flexibility index (Phi) is 9.82. The zero-order valence-electron chi connectivity index (χ0n) is 18.6. The van der Waals surface area contributed by atoms with Gasteiger partial charge in [-0.1, -0.05) is 0 Å². The third kappa shape index (κ3) is 5.47. The fourth-order valence-corrected chi connectivity index (χ4v) is 3.00. The lowest BCUT2D eigenvalue weighted by Gasteiger charge is -2.45. The van der Waals surface area contributed by atoms with Crippen molar-refractivity contribution >= 4 is 7.60 Å². The lowest BCUT2D eigenvalue weighted by atomic mass is 9.84. The molecule has 0 amide bonds. The van der Waals surface area contributed by atoms with Crippen molar-refractivity contribution in [3.8, 4) is 0 Å². The summed E-state index contributed by atoms with van der Waals surface area (Å²) in [5.74, 6) is -99.7. The minimum Gasteiger partial charge on any atom is -0.324 e. The maximum atomic E-state index is 13.6. The molecule has 0 saturated heterocycles. The molecule has 0 unspecified atom stereocenters. The van der Waals surface area contributed by atoms with E-state index in [1.165, 1.54) is 0 Å². The van der Waals surface area contributed by atoms with Gasteiger partial charge in [0.25, 0.3) is 0 Å². The van der Waals surface area contributed by atoms with Crippen LogP contribution >= 0.6 is 7.60 Å². The van der Waals surface area contributed by atoms with E-state index in [0.717, 1.165) is 0 Å². The molecule has 0 fully saturated rings. The van der Waals surface area contributed by atoms with Crippen molar-refractivity contribution in [1.29, 1.82) is 0 Å². The van der Waals surface area contributed by atoms with Crippen LogP contribution in [0.25, 0.3) is 0 Å². The summed E-state index contributed by atoms with van der Waals surface area (Å²) < 4.78 is 341. The van der Waals surface area contributed by atoms with Crippen LogP contribution in [0.3, 0.4) is 0 Å². The Morgan fingerprint density at radius 1 is 0.349 bits per heavy atom. The molecule has 0 radical (unpaired) electrons. The third-order valence-electron chi connectivity index (χ3n) is 5.08. The molecular formula is C14H6F25O3P. The van der Waals surface area contributed by atoms with Crippen LogP contribution in [0.5, 0.6) is 0 Å². The number of rotatable bonds is 13. The molecule has 0 aliphatic carbocycles. The normalized spacial score (nSPS) is 17.0. The van der Waals surface area contributed by atoms with E-state index in [1.54, 1.807) is 0 Å². The van der Waals surface area contributed by atoms with E-state index in [0.29, 0.717) is 0 Å². The highest BCUT2D eigenvalue weighted by molar-refractivity contribution is 7.51. The molecule has 43 heavy (non-hydrogen) atoms. The summed E-state index contributed by atoms with van der Waals surface area (Å²) in [6.45, 7) is 0. The predicted octanol–water partition coefficient (Wildman–Crippen LogP) is 8.10. The molecule has 0 aliphatic rings. The highest BCUT2D eigenvalue weighted by Crippen LogP contribution is 2.68. The van der Waals surface area contributed by atoms with E-state index >= 15 is 0 Å². The molecule has 0 aliphatic heterocycles. The van der Waals surface area contributed by atoms with Crippen molar-refractivity contribution in [2.45, 2.75) is 77.7 Å². The van der Waals surface area contributed by atoms with Gasteiger partial charge in [-0.05, 0) is 0 Å². The second kappa shape index (κ2) is 10.2. The molecule has 0 heterocycles. The Hall–Kier alpha value is -1.60. The maximum Gasteiger partial charge on any atom is 0.460 e. The number of halogens is 25. The van der Waals surface area contributed by atoms with Crippen LogP contribution in [0.15, 0.2) is 0 Å². The summed E-state index contributed by atoms with van der Waals surface area (Å²) in [7, 11) is -6.03. The summed E-state index contributed by atoms with van der Waals surface area (Å²) in [5, 5.41) is 0. The van der Waals surface area contributed by atoms with E-state index in [9.17, 15) is 114 Å². The first-order valence-electron chi connectivity index (χ1n) is 9.23. The summed E-state index contributed by atoms with van der Waals surface area (Å²) >= 11 is 0. The summed E-state index contributed by atoms with van der Waals surface area (Å²) in [6.07, 6.45) is -14.4. The molecule has 0 bridgehead atoms.